The molecule has 1 saturated carbocycles. The molecule has 1 N–H and O–H groups in total. The van der Waals surface area contributed by atoms with Gasteiger partial charge in [-0.05, 0) is 30.9 Å². The van der Waals surface area contributed by atoms with Crippen molar-refractivity contribution in [3.05, 3.63) is 34.4 Å². The molecule has 0 amide bonds. The van der Waals surface area contributed by atoms with Crippen LogP contribution in [0.15, 0.2) is 29.4 Å². The predicted octanol–water partition coefficient (Wildman–Crippen LogP) is 3.57. The molecule has 0 aliphatic heterocycles. The lowest BCUT2D eigenvalue weighted by atomic mass is 9.90. The average molecular weight is 247 g/mol. The van der Waals surface area contributed by atoms with E-state index in [9.17, 15) is 10.1 Å². The third-order valence-corrected chi connectivity index (χ3v) is 3.21. The van der Waals surface area contributed by atoms with Gasteiger partial charge in [-0.25, -0.2) is 0 Å². The average Bonchev–Trinajstić information content (AvgIpc) is 2.40. The van der Waals surface area contributed by atoms with Crippen molar-refractivity contribution < 1.29 is 4.92 Å². The quantitative estimate of drug-likeness (QED) is 0.502. The van der Waals surface area contributed by atoms with Crippen molar-refractivity contribution in [1.82, 2.24) is 0 Å². The van der Waals surface area contributed by atoms with Crippen molar-refractivity contribution in [2.24, 2.45) is 11.0 Å². The Bertz CT molecular complexity index is 422. The molecule has 0 heterocycles. The number of nitro benzene ring substituents is 1. The number of hydrogen-bond acceptors (Lipinski definition) is 4. The van der Waals surface area contributed by atoms with E-state index in [0.29, 0.717) is 5.92 Å². The summed E-state index contributed by atoms with van der Waals surface area (Å²) in [4.78, 5) is 10.1. The Morgan fingerprint density at radius 3 is 2.50 bits per heavy atom. The maximum absolute atomic E-state index is 10.5. The topological polar surface area (TPSA) is 67.5 Å². The number of nitro groups is 1. The summed E-state index contributed by atoms with van der Waals surface area (Å²) >= 11 is 0. The standard InChI is InChI=1S/C13H17N3O2/c17-16(18)13-8-6-12(7-9-13)15-14-10-11-4-2-1-3-5-11/h6-11,15H,1-5H2. The Morgan fingerprint density at radius 1 is 1.22 bits per heavy atom. The highest BCUT2D eigenvalue weighted by Crippen LogP contribution is 2.22. The first kappa shape index (κ1) is 12.5. The van der Waals surface area contributed by atoms with Gasteiger partial charge in [-0.2, -0.15) is 5.10 Å². The van der Waals surface area contributed by atoms with Crippen LogP contribution in [0.4, 0.5) is 11.4 Å². The molecular formula is C13H17N3O2. The van der Waals surface area contributed by atoms with Crippen LogP contribution in [0.5, 0.6) is 0 Å². The van der Waals surface area contributed by atoms with Gasteiger partial charge in [0.15, 0.2) is 0 Å². The van der Waals surface area contributed by atoms with Gasteiger partial charge >= 0.3 is 0 Å². The Kier molecular flexibility index (Phi) is 4.28. The van der Waals surface area contributed by atoms with E-state index in [1.807, 2.05) is 6.21 Å². The molecule has 1 aliphatic rings. The number of nitrogens with zero attached hydrogens (tertiary/aromatic N) is 2. The zero-order valence-corrected chi connectivity index (χ0v) is 10.2. The molecule has 0 bridgehead atoms. The first-order valence-electron chi connectivity index (χ1n) is 6.29. The molecule has 2 rings (SSSR count). The van der Waals surface area contributed by atoms with Crippen LogP contribution in [0.3, 0.4) is 0 Å². The molecule has 0 saturated heterocycles. The molecule has 18 heavy (non-hydrogen) atoms. The molecule has 5 heteroatoms. The fourth-order valence-corrected chi connectivity index (χ4v) is 2.16. The summed E-state index contributed by atoms with van der Waals surface area (Å²) in [5, 5.41) is 14.7. The summed E-state index contributed by atoms with van der Waals surface area (Å²) < 4.78 is 0. The van der Waals surface area contributed by atoms with Crippen LogP contribution < -0.4 is 5.43 Å². The van der Waals surface area contributed by atoms with E-state index < -0.39 is 4.92 Å². The van der Waals surface area contributed by atoms with Crippen molar-refractivity contribution >= 4 is 17.6 Å². The van der Waals surface area contributed by atoms with Crippen molar-refractivity contribution in [3.63, 3.8) is 0 Å². The van der Waals surface area contributed by atoms with Crippen LogP contribution in [-0.4, -0.2) is 11.1 Å². The molecule has 1 aromatic rings. The second-order valence-corrected chi connectivity index (χ2v) is 4.59. The Labute approximate surface area is 106 Å². The molecule has 1 fully saturated rings. The minimum Gasteiger partial charge on any atom is -0.279 e. The van der Waals surface area contributed by atoms with E-state index in [4.69, 9.17) is 0 Å². The molecule has 5 nitrogen and oxygen atoms in total. The molecule has 0 radical (unpaired) electrons. The lowest BCUT2D eigenvalue weighted by molar-refractivity contribution is -0.384. The van der Waals surface area contributed by atoms with Crippen LogP contribution in [0.2, 0.25) is 0 Å². The number of hydrogen-bond donors (Lipinski definition) is 1. The van der Waals surface area contributed by atoms with Gasteiger partial charge in [0.25, 0.3) is 5.69 Å². The zero-order chi connectivity index (χ0) is 12.8. The van der Waals surface area contributed by atoms with Crippen LogP contribution in [0.25, 0.3) is 0 Å². The second kappa shape index (κ2) is 6.14. The predicted molar refractivity (Wildman–Crippen MR) is 71.8 cm³/mol. The molecule has 1 aliphatic carbocycles. The first-order chi connectivity index (χ1) is 8.75. The SMILES string of the molecule is O=[N+]([O-])c1ccc(NN=CC2CCCCC2)cc1. The van der Waals surface area contributed by atoms with Crippen molar-refractivity contribution in [2.45, 2.75) is 32.1 Å². The number of nitrogens with one attached hydrogen (secondary N) is 1. The first-order valence-corrected chi connectivity index (χ1v) is 6.29. The number of rotatable bonds is 4. The summed E-state index contributed by atoms with van der Waals surface area (Å²) in [6, 6.07) is 6.27. The monoisotopic (exact) mass is 247 g/mol. The maximum atomic E-state index is 10.5. The number of non-ortho nitro benzene ring substituents is 1. The van der Waals surface area contributed by atoms with Crippen molar-refractivity contribution in [3.8, 4) is 0 Å². The van der Waals surface area contributed by atoms with Gasteiger partial charge in [-0.3, -0.25) is 15.5 Å². The fraction of sp³-hybridized carbons (Fsp3) is 0.462. The highest BCUT2D eigenvalue weighted by molar-refractivity contribution is 5.62. The number of anilines is 1. The smallest absolute Gasteiger partial charge is 0.269 e. The summed E-state index contributed by atoms with van der Waals surface area (Å²) in [6.45, 7) is 0. The van der Waals surface area contributed by atoms with E-state index in [0.717, 1.165) is 5.69 Å². The third-order valence-electron chi connectivity index (χ3n) is 3.21. The summed E-state index contributed by atoms with van der Waals surface area (Å²) in [5.74, 6) is 0.573. The molecule has 0 unspecified atom stereocenters. The lowest BCUT2D eigenvalue weighted by Crippen LogP contribution is -2.08. The van der Waals surface area contributed by atoms with E-state index in [1.54, 1.807) is 12.1 Å². The highest BCUT2D eigenvalue weighted by Gasteiger charge is 2.10. The molecule has 0 atom stereocenters. The van der Waals surface area contributed by atoms with Gasteiger partial charge in [0, 0.05) is 18.3 Å². The van der Waals surface area contributed by atoms with Gasteiger partial charge in [0.2, 0.25) is 0 Å². The van der Waals surface area contributed by atoms with Gasteiger partial charge < -0.3 is 0 Å². The van der Waals surface area contributed by atoms with Crippen molar-refractivity contribution in [1.29, 1.82) is 0 Å². The molecule has 0 spiro atoms. The molecule has 96 valence electrons. The van der Waals surface area contributed by atoms with Crippen LogP contribution in [-0.2, 0) is 0 Å². The largest absolute Gasteiger partial charge is 0.279 e. The summed E-state index contributed by atoms with van der Waals surface area (Å²) in [5.41, 5.74) is 3.77. The minimum absolute atomic E-state index is 0.0943. The normalized spacial score (nSPS) is 16.9. The minimum atomic E-state index is -0.408. The Morgan fingerprint density at radius 2 is 1.89 bits per heavy atom. The highest BCUT2D eigenvalue weighted by atomic mass is 16.6. The summed E-state index contributed by atoms with van der Waals surface area (Å²) in [6.07, 6.45) is 8.29. The van der Waals surface area contributed by atoms with Gasteiger partial charge in [-0.1, -0.05) is 19.3 Å². The van der Waals surface area contributed by atoms with Crippen molar-refractivity contribution in [2.75, 3.05) is 5.43 Å². The van der Waals surface area contributed by atoms with E-state index in [-0.39, 0.29) is 5.69 Å². The lowest BCUT2D eigenvalue weighted by Gasteiger charge is -2.16. The number of benzene rings is 1. The van der Waals surface area contributed by atoms with Gasteiger partial charge in [0.1, 0.15) is 0 Å². The van der Waals surface area contributed by atoms with Crippen LogP contribution in [0.1, 0.15) is 32.1 Å². The molecule has 1 aromatic carbocycles. The van der Waals surface area contributed by atoms with Crippen LogP contribution in [0, 0.1) is 16.0 Å². The molecule has 0 aromatic heterocycles. The number of hydrazone groups is 1. The summed E-state index contributed by atoms with van der Waals surface area (Å²) in [7, 11) is 0. The fourth-order valence-electron chi connectivity index (χ4n) is 2.16. The van der Waals surface area contributed by atoms with Gasteiger partial charge in [0.05, 0.1) is 10.6 Å². The van der Waals surface area contributed by atoms with E-state index in [1.165, 1.54) is 44.2 Å². The third kappa shape index (κ3) is 3.55. The maximum Gasteiger partial charge on any atom is 0.269 e. The Hall–Kier alpha value is -1.91. The van der Waals surface area contributed by atoms with Crippen LogP contribution >= 0.6 is 0 Å². The van der Waals surface area contributed by atoms with E-state index in [2.05, 4.69) is 10.5 Å². The van der Waals surface area contributed by atoms with Gasteiger partial charge in [-0.15, -0.1) is 0 Å². The van der Waals surface area contributed by atoms with E-state index >= 15 is 0 Å². The second-order valence-electron chi connectivity index (χ2n) is 4.59. The molecular weight excluding hydrogens is 230 g/mol. The Balaban J connectivity index is 1.85. The zero-order valence-electron chi connectivity index (χ0n) is 10.2.